The lowest BCUT2D eigenvalue weighted by Gasteiger charge is -2.32. The van der Waals surface area contributed by atoms with Crippen molar-refractivity contribution in [2.45, 2.75) is 0 Å². The number of benzene rings is 2. The van der Waals surface area contributed by atoms with E-state index < -0.39 is 10.0 Å². The molecule has 25 heavy (non-hydrogen) atoms. The third-order valence-electron chi connectivity index (χ3n) is 4.17. The molecule has 1 saturated heterocycles. The largest absolute Gasteiger partial charge is 0.322 e. The topological polar surface area (TPSA) is 79.4 Å². The number of nitrogens with one attached hydrogen (secondary N) is 1. The maximum Gasteiger partial charge on any atom is 0.255 e. The SMILES string of the molecule is O=C(Nc1ccc2cccnc2c1)c1ccc(N2CCS2(=O)=O)cc1. The molecule has 1 aliphatic rings. The molecular weight excluding hydrogens is 338 g/mol. The van der Waals surface area contributed by atoms with Crippen molar-refractivity contribution in [2.24, 2.45) is 0 Å². The van der Waals surface area contributed by atoms with Gasteiger partial charge in [0.15, 0.2) is 0 Å². The van der Waals surface area contributed by atoms with Crippen LogP contribution in [-0.4, -0.2) is 31.6 Å². The van der Waals surface area contributed by atoms with Crippen LogP contribution in [0.3, 0.4) is 0 Å². The fraction of sp³-hybridized carbons (Fsp3) is 0.111. The number of amides is 1. The van der Waals surface area contributed by atoms with Crippen molar-refractivity contribution < 1.29 is 13.2 Å². The standard InChI is InChI=1S/C18H15N3O3S/c22-18(20-15-6-3-13-2-1-9-19-17(13)12-15)14-4-7-16(8-5-14)21-10-11-25(21,23)24/h1-9,12H,10-11H2,(H,20,22). The number of anilines is 2. The van der Waals surface area contributed by atoms with Crippen LogP contribution in [0.15, 0.2) is 60.8 Å². The number of hydrogen-bond acceptors (Lipinski definition) is 4. The van der Waals surface area contributed by atoms with Gasteiger partial charge in [0, 0.05) is 29.4 Å². The second-order valence-corrected chi connectivity index (χ2v) is 7.81. The number of rotatable bonds is 3. The Bertz CT molecular complexity index is 1060. The summed E-state index contributed by atoms with van der Waals surface area (Å²) in [5.41, 5.74) is 2.50. The molecule has 1 N–H and O–H groups in total. The van der Waals surface area contributed by atoms with Crippen molar-refractivity contribution in [2.75, 3.05) is 21.9 Å². The third-order valence-corrected chi connectivity index (χ3v) is 5.93. The summed E-state index contributed by atoms with van der Waals surface area (Å²) in [6.07, 6.45) is 1.70. The molecule has 3 aromatic rings. The highest BCUT2D eigenvalue weighted by atomic mass is 32.2. The zero-order valence-electron chi connectivity index (χ0n) is 13.2. The van der Waals surface area contributed by atoms with Crippen molar-refractivity contribution in [3.63, 3.8) is 0 Å². The Labute approximate surface area is 145 Å². The summed E-state index contributed by atoms with van der Waals surface area (Å²) in [6.45, 7) is 0.484. The molecule has 0 unspecified atom stereocenters. The van der Waals surface area contributed by atoms with Gasteiger partial charge in [-0.3, -0.25) is 14.1 Å². The van der Waals surface area contributed by atoms with Crippen LogP contribution in [-0.2, 0) is 10.0 Å². The molecule has 0 radical (unpaired) electrons. The Morgan fingerprint density at radius 2 is 1.88 bits per heavy atom. The third kappa shape index (κ3) is 2.94. The number of aromatic nitrogens is 1. The highest BCUT2D eigenvalue weighted by Gasteiger charge is 2.32. The average Bonchev–Trinajstić information content (AvgIpc) is 2.61. The quantitative estimate of drug-likeness (QED) is 0.785. The van der Waals surface area contributed by atoms with E-state index in [4.69, 9.17) is 0 Å². The van der Waals surface area contributed by atoms with Crippen LogP contribution in [0.5, 0.6) is 0 Å². The lowest BCUT2D eigenvalue weighted by atomic mass is 10.1. The second kappa shape index (κ2) is 5.86. The molecule has 1 fully saturated rings. The van der Waals surface area contributed by atoms with E-state index in [0.29, 0.717) is 23.5 Å². The lowest BCUT2D eigenvalue weighted by Crippen LogP contribution is -2.47. The smallest absolute Gasteiger partial charge is 0.255 e. The van der Waals surface area contributed by atoms with Crippen LogP contribution < -0.4 is 9.62 Å². The maximum atomic E-state index is 12.4. The van der Waals surface area contributed by atoms with E-state index in [2.05, 4.69) is 10.3 Å². The second-order valence-electron chi connectivity index (χ2n) is 5.80. The summed E-state index contributed by atoms with van der Waals surface area (Å²) in [6, 6.07) is 15.9. The normalized spacial score (nSPS) is 15.6. The van der Waals surface area contributed by atoms with Gasteiger partial charge < -0.3 is 5.32 Å². The van der Waals surface area contributed by atoms with Gasteiger partial charge in [-0.25, -0.2) is 8.42 Å². The molecule has 0 saturated carbocycles. The fourth-order valence-corrected chi connectivity index (χ4v) is 3.85. The molecule has 6 nitrogen and oxygen atoms in total. The summed E-state index contributed by atoms with van der Waals surface area (Å²) >= 11 is 0. The Morgan fingerprint density at radius 1 is 1.08 bits per heavy atom. The number of sulfonamides is 1. The van der Waals surface area contributed by atoms with Gasteiger partial charge in [0.1, 0.15) is 0 Å². The van der Waals surface area contributed by atoms with Crippen molar-refractivity contribution in [1.82, 2.24) is 4.98 Å². The van der Waals surface area contributed by atoms with E-state index in [1.54, 1.807) is 30.5 Å². The van der Waals surface area contributed by atoms with Crippen LogP contribution in [0, 0.1) is 0 Å². The number of pyridine rings is 1. The minimum Gasteiger partial charge on any atom is -0.322 e. The maximum absolute atomic E-state index is 12.4. The van der Waals surface area contributed by atoms with Gasteiger partial charge in [0.25, 0.3) is 5.91 Å². The molecular formula is C18H15N3O3S. The Morgan fingerprint density at radius 3 is 2.56 bits per heavy atom. The molecule has 126 valence electrons. The summed E-state index contributed by atoms with van der Waals surface area (Å²) in [5.74, 6) is -0.0843. The van der Waals surface area contributed by atoms with Gasteiger partial charge >= 0.3 is 0 Å². The number of carbonyl (C=O) groups is 1. The van der Waals surface area contributed by atoms with E-state index in [1.807, 2.05) is 30.3 Å². The highest BCUT2D eigenvalue weighted by Crippen LogP contribution is 2.25. The zero-order valence-corrected chi connectivity index (χ0v) is 14.0. The van der Waals surface area contributed by atoms with Gasteiger partial charge in [-0.15, -0.1) is 0 Å². The van der Waals surface area contributed by atoms with Gasteiger partial charge in [-0.1, -0.05) is 12.1 Å². The summed E-state index contributed by atoms with van der Waals surface area (Å²) in [7, 11) is -3.15. The van der Waals surface area contributed by atoms with E-state index in [1.165, 1.54) is 4.31 Å². The predicted molar refractivity (Wildman–Crippen MR) is 97.3 cm³/mol. The van der Waals surface area contributed by atoms with E-state index in [-0.39, 0.29) is 11.7 Å². The molecule has 1 aromatic heterocycles. The zero-order chi connectivity index (χ0) is 17.4. The Balaban J connectivity index is 1.52. The molecule has 0 atom stereocenters. The molecule has 1 aliphatic heterocycles. The van der Waals surface area contributed by atoms with Crippen LogP contribution >= 0.6 is 0 Å². The van der Waals surface area contributed by atoms with Crippen LogP contribution in [0.2, 0.25) is 0 Å². The van der Waals surface area contributed by atoms with Crippen LogP contribution in [0.4, 0.5) is 11.4 Å². The van der Waals surface area contributed by atoms with E-state index in [9.17, 15) is 13.2 Å². The molecule has 0 aliphatic carbocycles. The first-order valence-electron chi connectivity index (χ1n) is 7.80. The molecule has 1 amide bonds. The van der Waals surface area contributed by atoms with Gasteiger partial charge in [-0.05, 0) is 42.5 Å². The first-order chi connectivity index (χ1) is 12.0. The Kier molecular flexibility index (Phi) is 3.65. The number of carbonyl (C=O) groups excluding carboxylic acids is 1. The molecule has 0 bridgehead atoms. The van der Waals surface area contributed by atoms with Crippen molar-refractivity contribution in [1.29, 1.82) is 0 Å². The van der Waals surface area contributed by atoms with Crippen molar-refractivity contribution in [3.05, 3.63) is 66.4 Å². The van der Waals surface area contributed by atoms with Crippen molar-refractivity contribution >= 4 is 38.2 Å². The minimum absolute atomic E-state index is 0.172. The molecule has 2 heterocycles. The van der Waals surface area contributed by atoms with E-state index >= 15 is 0 Å². The summed E-state index contributed by atoms with van der Waals surface area (Å²) in [4.78, 5) is 16.6. The van der Waals surface area contributed by atoms with Gasteiger partial charge in [0.05, 0.1) is 17.0 Å². The summed E-state index contributed by atoms with van der Waals surface area (Å²) < 4.78 is 24.6. The molecule has 7 heteroatoms. The highest BCUT2D eigenvalue weighted by molar-refractivity contribution is 7.94. The van der Waals surface area contributed by atoms with Crippen LogP contribution in [0.1, 0.15) is 10.4 Å². The molecule has 0 spiro atoms. The number of hydrogen-bond donors (Lipinski definition) is 1. The first kappa shape index (κ1) is 15.6. The van der Waals surface area contributed by atoms with Crippen molar-refractivity contribution in [3.8, 4) is 0 Å². The first-order valence-corrected chi connectivity index (χ1v) is 9.40. The van der Waals surface area contributed by atoms with Gasteiger partial charge in [0.2, 0.25) is 10.0 Å². The monoisotopic (exact) mass is 353 g/mol. The van der Waals surface area contributed by atoms with Crippen LogP contribution in [0.25, 0.3) is 10.9 Å². The lowest BCUT2D eigenvalue weighted by molar-refractivity contribution is 0.102. The Hall–Kier alpha value is -2.93. The number of nitrogens with zero attached hydrogens (tertiary/aromatic N) is 2. The minimum atomic E-state index is -3.15. The van der Waals surface area contributed by atoms with E-state index in [0.717, 1.165) is 10.9 Å². The average molecular weight is 353 g/mol. The fourth-order valence-electron chi connectivity index (χ4n) is 2.75. The van der Waals surface area contributed by atoms with Gasteiger partial charge in [-0.2, -0.15) is 0 Å². The predicted octanol–water partition coefficient (Wildman–Crippen LogP) is 2.64. The summed E-state index contributed by atoms with van der Waals surface area (Å²) in [5, 5.41) is 3.83. The molecule has 4 rings (SSSR count). The number of fused-ring (bicyclic) bond motifs is 1. The molecule has 2 aromatic carbocycles.